The molecule has 0 spiro atoms. The van der Waals surface area contributed by atoms with Crippen LogP contribution in [0.1, 0.15) is 18.7 Å². The summed E-state index contributed by atoms with van der Waals surface area (Å²) in [7, 11) is 0. The maximum absolute atomic E-state index is 4.49. The second-order valence-electron chi connectivity index (χ2n) is 4.96. The van der Waals surface area contributed by atoms with E-state index in [0.29, 0.717) is 12.0 Å². The third kappa shape index (κ3) is 3.01. The van der Waals surface area contributed by atoms with E-state index in [1.54, 1.807) is 12.4 Å². The van der Waals surface area contributed by atoms with Gasteiger partial charge < -0.3 is 10.2 Å². The van der Waals surface area contributed by atoms with Crippen LogP contribution >= 0.6 is 0 Å². The Kier molecular flexibility index (Phi) is 3.71. The highest BCUT2D eigenvalue weighted by atomic mass is 15.2. The van der Waals surface area contributed by atoms with E-state index in [9.17, 15) is 0 Å². The fourth-order valence-electron chi connectivity index (χ4n) is 2.48. The Morgan fingerprint density at radius 1 is 1.20 bits per heavy atom. The summed E-state index contributed by atoms with van der Waals surface area (Å²) in [6.07, 6.45) is 7.58. The van der Waals surface area contributed by atoms with Crippen molar-refractivity contribution in [1.29, 1.82) is 0 Å². The van der Waals surface area contributed by atoms with Gasteiger partial charge in [-0.05, 0) is 31.9 Å². The topological polar surface area (TPSA) is 66.8 Å². The van der Waals surface area contributed by atoms with Gasteiger partial charge in [0.15, 0.2) is 0 Å². The molecule has 1 atom stereocenters. The molecule has 1 fully saturated rings. The molecular formula is C14H18N6. The molecular weight excluding hydrogens is 252 g/mol. The molecule has 1 N–H and O–H groups in total. The van der Waals surface area contributed by atoms with Crippen LogP contribution in [0.2, 0.25) is 0 Å². The molecule has 20 heavy (non-hydrogen) atoms. The number of hydrogen-bond acceptors (Lipinski definition) is 6. The van der Waals surface area contributed by atoms with Crippen molar-refractivity contribution in [2.75, 3.05) is 23.3 Å². The van der Waals surface area contributed by atoms with E-state index in [1.807, 2.05) is 25.3 Å². The van der Waals surface area contributed by atoms with Crippen LogP contribution < -0.4 is 10.2 Å². The van der Waals surface area contributed by atoms with Crippen LogP contribution in [0.3, 0.4) is 0 Å². The van der Waals surface area contributed by atoms with Gasteiger partial charge in [-0.25, -0.2) is 19.9 Å². The smallest absolute Gasteiger partial charge is 0.222 e. The molecule has 0 radical (unpaired) electrons. The van der Waals surface area contributed by atoms with Crippen molar-refractivity contribution in [2.24, 2.45) is 0 Å². The van der Waals surface area contributed by atoms with Gasteiger partial charge >= 0.3 is 0 Å². The maximum atomic E-state index is 4.49. The molecule has 0 bridgehead atoms. The van der Waals surface area contributed by atoms with Crippen LogP contribution in [0.4, 0.5) is 11.8 Å². The standard InChI is InChI=1S/C14H18N6/c1-11-15-8-5-13(18-11)20-9-2-4-12(10-20)19-14-16-6-3-7-17-14/h3,5-8,12H,2,4,9-10H2,1H3,(H,16,17,19). The number of hydrogen-bond donors (Lipinski definition) is 1. The molecule has 0 aromatic carbocycles. The molecule has 0 saturated carbocycles. The predicted octanol–water partition coefficient (Wildman–Crippen LogP) is 1.66. The van der Waals surface area contributed by atoms with Gasteiger partial charge in [-0.3, -0.25) is 0 Å². The second-order valence-corrected chi connectivity index (χ2v) is 4.96. The van der Waals surface area contributed by atoms with Gasteiger partial charge in [0.2, 0.25) is 5.95 Å². The van der Waals surface area contributed by atoms with Crippen molar-refractivity contribution in [1.82, 2.24) is 19.9 Å². The number of piperidine rings is 1. The molecule has 1 aliphatic heterocycles. The molecule has 2 aromatic heterocycles. The molecule has 0 amide bonds. The molecule has 104 valence electrons. The van der Waals surface area contributed by atoms with Crippen LogP contribution in [0.5, 0.6) is 0 Å². The molecule has 0 aliphatic carbocycles. The molecule has 1 unspecified atom stereocenters. The van der Waals surface area contributed by atoms with Crippen molar-refractivity contribution in [3.05, 3.63) is 36.5 Å². The molecule has 2 aromatic rings. The highest BCUT2D eigenvalue weighted by Gasteiger charge is 2.21. The van der Waals surface area contributed by atoms with E-state index >= 15 is 0 Å². The van der Waals surface area contributed by atoms with Crippen LogP contribution in [0.15, 0.2) is 30.7 Å². The monoisotopic (exact) mass is 270 g/mol. The van der Waals surface area contributed by atoms with E-state index in [1.165, 1.54) is 0 Å². The molecule has 1 saturated heterocycles. The maximum Gasteiger partial charge on any atom is 0.222 e. The second kappa shape index (κ2) is 5.81. The number of nitrogens with one attached hydrogen (secondary N) is 1. The summed E-state index contributed by atoms with van der Waals surface area (Å²) in [6, 6.07) is 4.14. The lowest BCUT2D eigenvalue weighted by Crippen LogP contribution is -2.42. The largest absolute Gasteiger partial charge is 0.354 e. The van der Waals surface area contributed by atoms with Gasteiger partial charge in [-0.2, -0.15) is 0 Å². The SMILES string of the molecule is Cc1nccc(N2CCCC(Nc3ncccn3)C2)n1. The summed E-state index contributed by atoms with van der Waals surface area (Å²) in [5.74, 6) is 2.50. The zero-order valence-corrected chi connectivity index (χ0v) is 11.5. The lowest BCUT2D eigenvalue weighted by molar-refractivity contribution is 0.523. The summed E-state index contributed by atoms with van der Waals surface area (Å²) >= 11 is 0. The van der Waals surface area contributed by atoms with Crippen molar-refractivity contribution >= 4 is 11.8 Å². The lowest BCUT2D eigenvalue weighted by Gasteiger charge is -2.33. The van der Waals surface area contributed by atoms with Crippen molar-refractivity contribution in [2.45, 2.75) is 25.8 Å². The molecule has 6 heteroatoms. The highest BCUT2D eigenvalue weighted by molar-refractivity contribution is 5.39. The predicted molar refractivity (Wildman–Crippen MR) is 77.7 cm³/mol. The zero-order valence-electron chi connectivity index (χ0n) is 11.5. The van der Waals surface area contributed by atoms with E-state index in [2.05, 4.69) is 30.2 Å². The molecule has 6 nitrogen and oxygen atoms in total. The van der Waals surface area contributed by atoms with E-state index in [-0.39, 0.29) is 0 Å². The van der Waals surface area contributed by atoms with E-state index in [4.69, 9.17) is 0 Å². The number of rotatable bonds is 3. The molecule has 3 rings (SSSR count). The Bertz CT molecular complexity index is 559. The van der Waals surface area contributed by atoms with Gasteiger partial charge in [-0.1, -0.05) is 0 Å². The number of aromatic nitrogens is 4. The first-order valence-corrected chi connectivity index (χ1v) is 6.89. The van der Waals surface area contributed by atoms with Crippen molar-refractivity contribution in [3.63, 3.8) is 0 Å². The summed E-state index contributed by atoms with van der Waals surface area (Å²) in [5.41, 5.74) is 0. The van der Waals surface area contributed by atoms with Crippen LogP contribution in [-0.2, 0) is 0 Å². The van der Waals surface area contributed by atoms with Crippen LogP contribution in [-0.4, -0.2) is 39.1 Å². The van der Waals surface area contributed by atoms with E-state index in [0.717, 1.165) is 37.6 Å². The van der Waals surface area contributed by atoms with Gasteiger partial charge in [-0.15, -0.1) is 0 Å². The fourth-order valence-corrected chi connectivity index (χ4v) is 2.48. The summed E-state index contributed by atoms with van der Waals surface area (Å²) in [6.45, 7) is 3.86. The van der Waals surface area contributed by atoms with Gasteiger partial charge in [0.1, 0.15) is 11.6 Å². The minimum Gasteiger partial charge on any atom is -0.354 e. The van der Waals surface area contributed by atoms with Crippen molar-refractivity contribution < 1.29 is 0 Å². The quantitative estimate of drug-likeness (QED) is 0.915. The average molecular weight is 270 g/mol. The number of aryl methyl sites for hydroxylation is 1. The first-order valence-electron chi connectivity index (χ1n) is 6.89. The Labute approximate surface area is 118 Å². The van der Waals surface area contributed by atoms with Crippen molar-refractivity contribution in [3.8, 4) is 0 Å². The van der Waals surface area contributed by atoms with Gasteiger partial charge in [0.05, 0.1) is 0 Å². The third-order valence-corrected chi connectivity index (χ3v) is 3.41. The minimum atomic E-state index is 0.349. The minimum absolute atomic E-state index is 0.349. The Hall–Kier alpha value is -2.24. The third-order valence-electron chi connectivity index (χ3n) is 3.41. The van der Waals surface area contributed by atoms with E-state index < -0.39 is 0 Å². The lowest BCUT2D eigenvalue weighted by atomic mass is 10.1. The normalized spacial score (nSPS) is 18.9. The fraction of sp³-hybridized carbons (Fsp3) is 0.429. The first kappa shape index (κ1) is 12.8. The zero-order chi connectivity index (χ0) is 13.8. The Morgan fingerprint density at radius 3 is 2.85 bits per heavy atom. The first-order chi connectivity index (χ1) is 9.81. The van der Waals surface area contributed by atoms with Crippen LogP contribution in [0, 0.1) is 6.92 Å². The number of anilines is 2. The molecule has 1 aliphatic rings. The average Bonchev–Trinajstić information content (AvgIpc) is 2.49. The molecule has 3 heterocycles. The van der Waals surface area contributed by atoms with Gasteiger partial charge in [0, 0.05) is 37.7 Å². The van der Waals surface area contributed by atoms with Crippen LogP contribution in [0.25, 0.3) is 0 Å². The Morgan fingerprint density at radius 2 is 2.05 bits per heavy atom. The summed E-state index contributed by atoms with van der Waals surface area (Å²) in [5, 5.41) is 3.39. The highest BCUT2D eigenvalue weighted by Crippen LogP contribution is 2.19. The summed E-state index contributed by atoms with van der Waals surface area (Å²) < 4.78 is 0. The Balaban J connectivity index is 1.67. The number of nitrogens with zero attached hydrogens (tertiary/aromatic N) is 5. The van der Waals surface area contributed by atoms with Gasteiger partial charge in [0.25, 0.3) is 0 Å². The summed E-state index contributed by atoms with van der Waals surface area (Å²) in [4.78, 5) is 19.4.